The summed E-state index contributed by atoms with van der Waals surface area (Å²) in [6.45, 7) is 3.79. The van der Waals surface area contributed by atoms with E-state index in [0.717, 1.165) is 11.1 Å². The van der Waals surface area contributed by atoms with Gasteiger partial charge in [-0.15, -0.1) is 10.2 Å². The predicted molar refractivity (Wildman–Crippen MR) is 97.5 cm³/mol. The number of rotatable bonds is 6. The van der Waals surface area contributed by atoms with Gasteiger partial charge in [0.25, 0.3) is 5.91 Å². The first-order valence-corrected chi connectivity index (χ1v) is 8.32. The zero-order valence-electron chi connectivity index (χ0n) is 14.9. The van der Waals surface area contributed by atoms with Crippen LogP contribution in [0.4, 0.5) is 5.82 Å². The molecule has 3 aromatic heterocycles. The van der Waals surface area contributed by atoms with Crippen molar-refractivity contribution in [3.8, 4) is 0 Å². The lowest BCUT2D eigenvalue weighted by Crippen LogP contribution is -2.31. The third-order valence-electron chi connectivity index (χ3n) is 3.69. The van der Waals surface area contributed by atoms with Crippen molar-refractivity contribution in [2.75, 3.05) is 5.32 Å². The summed E-state index contributed by atoms with van der Waals surface area (Å²) in [4.78, 5) is 16.2. The van der Waals surface area contributed by atoms with E-state index >= 15 is 0 Å². The van der Waals surface area contributed by atoms with Crippen molar-refractivity contribution in [3.05, 3.63) is 65.9 Å². The molecule has 134 valence electrons. The molecule has 0 fully saturated rings. The van der Waals surface area contributed by atoms with Crippen LogP contribution in [-0.4, -0.2) is 36.9 Å². The summed E-state index contributed by atoms with van der Waals surface area (Å²) in [6, 6.07) is 7.11. The maximum atomic E-state index is 12.0. The lowest BCUT2D eigenvalue weighted by Gasteiger charge is -2.18. The van der Waals surface area contributed by atoms with E-state index in [2.05, 4.69) is 30.9 Å². The molecule has 0 aliphatic carbocycles. The molecule has 0 aromatic carbocycles. The summed E-state index contributed by atoms with van der Waals surface area (Å²) in [6.07, 6.45) is 7.25. The number of amides is 1. The highest BCUT2D eigenvalue weighted by Crippen LogP contribution is 2.24. The molecule has 0 saturated carbocycles. The van der Waals surface area contributed by atoms with E-state index in [1.165, 1.54) is 0 Å². The van der Waals surface area contributed by atoms with Crippen LogP contribution in [0, 0.1) is 0 Å². The Morgan fingerprint density at radius 2 is 1.96 bits per heavy atom. The minimum Gasteiger partial charge on any atom is -0.357 e. The van der Waals surface area contributed by atoms with Crippen LogP contribution in [0.25, 0.3) is 0 Å². The molecule has 3 heterocycles. The summed E-state index contributed by atoms with van der Waals surface area (Å²) in [5.41, 5.74) is 2.23. The number of carbonyl (C=O) groups is 1. The van der Waals surface area contributed by atoms with E-state index in [4.69, 9.17) is 0 Å². The van der Waals surface area contributed by atoms with Crippen LogP contribution in [-0.2, 0) is 7.05 Å². The standard InChI is InChI=1S/C18H21N7O/c1-12(2)21-18(26)15-6-7-16(24-23-15)22-17(13-5-4-8-19-9-13)14-10-20-25(3)11-14/h4-12,17H,1-3H3,(H,21,26)(H,22,24). The molecule has 1 amide bonds. The number of hydrogen-bond acceptors (Lipinski definition) is 6. The van der Waals surface area contributed by atoms with Crippen LogP contribution in [0.2, 0.25) is 0 Å². The zero-order chi connectivity index (χ0) is 18.5. The summed E-state index contributed by atoms with van der Waals surface area (Å²) >= 11 is 0. The molecule has 0 radical (unpaired) electrons. The van der Waals surface area contributed by atoms with E-state index in [-0.39, 0.29) is 23.7 Å². The summed E-state index contributed by atoms with van der Waals surface area (Å²) in [7, 11) is 1.87. The van der Waals surface area contributed by atoms with Gasteiger partial charge in [-0.05, 0) is 37.6 Å². The lowest BCUT2D eigenvalue weighted by atomic mass is 10.0. The molecule has 26 heavy (non-hydrogen) atoms. The van der Waals surface area contributed by atoms with Gasteiger partial charge in [-0.3, -0.25) is 14.5 Å². The van der Waals surface area contributed by atoms with Crippen molar-refractivity contribution in [1.29, 1.82) is 0 Å². The molecule has 1 atom stereocenters. The SMILES string of the molecule is CC(C)NC(=O)c1ccc(NC(c2cccnc2)c2cnn(C)c2)nn1. The van der Waals surface area contributed by atoms with E-state index in [9.17, 15) is 4.79 Å². The third-order valence-corrected chi connectivity index (χ3v) is 3.69. The van der Waals surface area contributed by atoms with Gasteiger partial charge in [0.15, 0.2) is 5.69 Å². The molecular weight excluding hydrogens is 330 g/mol. The van der Waals surface area contributed by atoms with Gasteiger partial charge in [-0.2, -0.15) is 5.10 Å². The van der Waals surface area contributed by atoms with Crippen molar-refractivity contribution < 1.29 is 4.79 Å². The van der Waals surface area contributed by atoms with Crippen LogP contribution in [0.3, 0.4) is 0 Å². The Morgan fingerprint density at radius 1 is 1.12 bits per heavy atom. The molecule has 8 heteroatoms. The first-order valence-electron chi connectivity index (χ1n) is 8.32. The number of pyridine rings is 1. The van der Waals surface area contributed by atoms with Crippen molar-refractivity contribution >= 4 is 11.7 Å². The highest BCUT2D eigenvalue weighted by molar-refractivity contribution is 5.92. The van der Waals surface area contributed by atoms with E-state index in [0.29, 0.717) is 5.82 Å². The molecule has 3 rings (SSSR count). The number of nitrogens with one attached hydrogen (secondary N) is 2. The molecule has 0 spiro atoms. The highest BCUT2D eigenvalue weighted by Gasteiger charge is 2.17. The van der Waals surface area contributed by atoms with E-state index < -0.39 is 0 Å². The number of aryl methyl sites for hydroxylation is 1. The number of hydrogen-bond donors (Lipinski definition) is 2. The fourth-order valence-electron chi connectivity index (χ4n) is 2.51. The number of anilines is 1. The summed E-state index contributed by atoms with van der Waals surface area (Å²) < 4.78 is 1.74. The minimum atomic E-state index is -0.241. The maximum absolute atomic E-state index is 12.0. The van der Waals surface area contributed by atoms with Crippen molar-refractivity contribution in [2.24, 2.45) is 7.05 Å². The van der Waals surface area contributed by atoms with E-state index in [1.54, 1.807) is 35.4 Å². The summed E-state index contributed by atoms with van der Waals surface area (Å²) in [5.74, 6) is 0.318. The maximum Gasteiger partial charge on any atom is 0.271 e. The van der Waals surface area contributed by atoms with Gasteiger partial charge < -0.3 is 10.6 Å². The topological polar surface area (TPSA) is 97.6 Å². The van der Waals surface area contributed by atoms with E-state index in [1.807, 2.05) is 39.2 Å². The average Bonchev–Trinajstić information content (AvgIpc) is 3.06. The van der Waals surface area contributed by atoms with Gasteiger partial charge >= 0.3 is 0 Å². The Bertz CT molecular complexity index is 859. The Hall–Kier alpha value is -3.29. The number of carbonyl (C=O) groups excluding carboxylic acids is 1. The minimum absolute atomic E-state index is 0.0441. The lowest BCUT2D eigenvalue weighted by molar-refractivity contribution is 0.0937. The van der Waals surface area contributed by atoms with Crippen LogP contribution >= 0.6 is 0 Å². The van der Waals surface area contributed by atoms with Crippen LogP contribution in [0.5, 0.6) is 0 Å². The molecule has 0 aliphatic rings. The number of nitrogens with zero attached hydrogens (tertiary/aromatic N) is 5. The fraction of sp³-hybridized carbons (Fsp3) is 0.278. The normalized spacial score (nSPS) is 12.0. The third kappa shape index (κ3) is 4.21. The molecular formula is C18H21N7O. The van der Waals surface area contributed by atoms with Gasteiger partial charge in [0, 0.05) is 37.2 Å². The van der Waals surface area contributed by atoms with Gasteiger partial charge in [0.1, 0.15) is 5.82 Å². The number of aromatic nitrogens is 5. The Balaban J connectivity index is 1.82. The fourth-order valence-corrected chi connectivity index (χ4v) is 2.51. The molecule has 0 saturated heterocycles. The molecule has 1 unspecified atom stereocenters. The van der Waals surface area contributed by atoms with Crippen LogP contribution < -0.4 is 10.6 Å². The van der Waals surface area contributed by atoms with Crippen LogP contribution in [0.1, 0.15) is 41.5 Å². The van der Waals surface area contributed by atoms with Crippen molar-refractivity contribution in [1.82, 2.24) is 30.3 Å². The predicted octanol–water partition coefficient (Wildman–Crippen LogP) is 1.94. The summed E-state index contributed by atoms with van der Waals surface area (Å²) in [5, 5.41) is 18.5. The average molecular weight is 351 g/mol. The highest BCUT2D eigenvalue weighted by atomic mass is 16.2. The Morgan fingerprint density at radius 3 is 2.54 bits per heavy atom. The Labute approximate surface area is 151 Å². The van der Waals surface area contributed by atoms with Crippen LogP contribution in [0.15, 0.2) is 49.1 Å². The first kappa shape index (κ1) is 17.5. The zero-order valence-corrected chi connectivity index (χ0v) is 14.9. The molecule has 0 bridgehead atoms. The molecule has 3 aromatic rings. The van der Waals surface area contributed by atoms with Crippen molar-refractivity contribution in [2.45, 2.75) is 25.9 Å². The largest absolute Gasteiger partial charge is 0.357 e. The smallest absolute Gasteiger partial charge is 0.271 e. The second-order valence-corrected chi connectivity index (χ2v) is 6.24. The molecule has 8 nitrogen and oxygen atoms in total. The van der Waals surface area contributed by atoms with Gasteiger partial charge in [-0.25, -0.2) is 0 Å². The molecule has 2 N–H and O–H groups in total. The van der Waals surface area contributed by atoms with Gasteiger partial charge in [0.2, 0.25) is 0 Å². The molecule has 0 aliphatic heterocycles. The van der Waals surface area contributed by atoms with Gasteiger partial charge in [0.05, 0.1) is 12.2 Å². The van der Waals surface area contributed by atoms with Crippen molar-refractivity contribution in [3.63, 3.8) is 0 Å². The van der Waals surface area contributed by atoms with Gasteiger partial charge in [-0.1, -0.05) is 6.07 Å². The quantitative estimate of drug-likeness (QED) is 0.704. The second kappa shape index (κ2) is 7.73. The second-order valence-electron chi connectivity index (χ2n) is 6.24. The first-order chi connectivity index (χ1) is 12.5. The Kier molecular flexibility index (Phi) is 5.21. The monoisotopic (exact) mass is 351 g/mol.